The summed E-state index contributed by atoms with van der Waals surface area (Å²) in [6, 6.07) is 5.28. The van der Waals surface area contributed by atoms with Gasteiger partial charge in [-0.05, 0) is 23.0 Å². The van der Waals surface area contributed by atoms with Gasteiger partial charge in [-0.3, -0.25) is 4.79 Å². The van der Waals surface area contributed by atoms with Crippen molar-refractivity contribution in [3.63, 3.8) is 0 Å². The van der Waals surface area contributed by atoms with E-state index in [1.54, 1.807) is 18.2 Å². The van der Waals surface area contributed by atoms with Crippen LogP contribution in [-0.2, 0) is 4.79 Å². The third-order valence-corrected chi connectivity index (χ3v) is 2.87. The SMILES string of the molecule is CC(C)c1cccc(C(C)C)c1NC(=O)C(F)(F)F. The molecule has 0 spiro atoms. The van der Waals surface area contributed by atoms with Crippen LogP contribution in [0.5, 0.6) is 0 Å². The minimum absolute atomic E-state index is 0.0298. The zero-order valence-electron chi connectivity index (χ0n) is 11.4. The summed E-state index contributed by atoms with van der Waals surface area (Å²) < 4.78 is 37.2. The lowest BCUT2D eigenvalue weighted by molar-refractivity contribution is -0.167. The number of nitrogens with one attached hydrogen (secondary N) is 1. The summed E-state index contributed by atoms with van der Waals surface area (Å²) in [6.45, 7) is 7.51. The minimum Gasteiger partial charge on any atom is -0.318 e. The molecule has 0 bridgehead atoms. The topological polar surface area (TPSA) is 29.1 Å². The third kappa shape index (κ3) is 3.72. The van der Waals surface area contributed by atoms with Gasteiger partial charge in [-0.15, -0.1) is 0 Å². The highest BCUT2D eigenvalue weighted by Gasteiger charge is 2.39. The van der Waals surface area contributed by atoms with E-state index in [2.05, 4.69) is 0 Å². The zero-order chi connectivity index (χ0) is 14.8. The molecule has 0 radical (unpaired) electrons. The first-order chi connectivity index (χ1) is 8.64. The Hall–Kier alpha value is -1.52. The lowest BCUT2D eigenvalue weighted by Crippen LogP contribution is -2.31. The number of amides is 1. The lowest BCUT2D eigenvalue weighted by Gasteiger charge is -2.20. The molecule has 0 atom stereocenters. The van der Waals surface area contributed by atoms with Crippen LogP contribution in [-0.4, -0.2) is 12.1 Å². The maximum atomic E-state index is 12.4. The average Bonchev–Trinajstić information content (AvgIpc) is 2.27. The monoisotopic (exact) mass is 273 g/mol. The molecule has 0 saturated heterocycles. The summed E-state index contributed by atoms with van der Waals surface area (Å²) in [5.74, 6) is -1.87. The van der Waals surface area contributed by atoms with Crippen molar-refractivity contribution >= 4 is 11.6 Å². The highest BCUT2D eigenvalue weighted by Crippen LogP contribution is 2.33. The fraction of sp³-hybridized carbons (Fsp3) is 0.500. The summed E-state index contributed by atoms with van der Waals surface area (Å²) in [6.07, 6.45) is -4.88. The summed E-state index contributed by atoms with van der Waals surface area (Å²) in [5, 5.41) is 2.02. The van der Waals surface area contributed by atoms with Gasteiger partial charge in [0.25, 0.3) is 0 Å². The zero-order valence-corrected chi connectivity index (χ0v) is 11.4. The molecule has 1 aromatic rings. The highest BCUT2D eigenvalue weighted by atomic mass is 19.4. The Kier molecular flexibility index (Phi) is 4.61. The Morgan fingerprint density at radius 2 is 1.47 bits per heavy atom. The van der Waals surface area contributed by atoms with Gasteiger partial charge < -0.3 is 5.32 Å². The second-order valence-electron chi connectivity index (χ2n) is 5.07. The summed E-state index contributed by atoms with van der Waals surface area (Å²) in [4.78, 5) is 11.1. The summed E-state index contributed by atoms with van der Waals surface area (Å²) >= 11 is 0. The normalized spacial score (nSPS) is 12.1. The van der Waals surface area contributed by atoms with E-state index < -0.39 is 12.1 Å². The maximum Gasteiger partial charge on any atom is 0.471 e. The third-order valence-electron chi connectivity index (χ3n) is 2.87. The Labute approximate surface area is 111 Å². The molecule has 0 aliphatic heterocycles. The first-order valence-electron chi connectivity index (χ1n) is 6.15. The number of halogens is 3. The predicted octanol–water partition coefficient (Wildman–Crippen LogP) is 4.43. The van der Waals surface area contributed by atoms with Gasteiger partial charge in [0.05, 0.1) is 0 Å². The Balaban J connectivity index is 3.26. The van der Waals surface area contributed by atoms with E-state index in [1.165, 1.54) is 0 Å². The van der Waals surface area contributed by atoms with Crippen molar-refractivity contribution in [2.75, 3.05) is 5.32 Å². The Morgan fingerprint density at radius 3 is 1.79 bits per heavy atom. The number of alkyl halides is 3. The summed E-state index contributed by atoms with van der Waals surface area (Å²) in [7, 11) is 0. The van der Waals surface area contributed by atoms with E-state index in [-0.39, 0.29) is 17.5 Å². The number of carbonyl (C=O) groups is 1. The maximum absolute atomic E-state index is 12.4. The van der Waals surface area contributed by atoms with Gasteiger partial charge in [0, 0.05) is 5.69 Å². The molecule has 0 fully saturated rings. The molecule has 2 nitrogen and oxygen atoms in total. The lowest BCUT2D eigenvalue weighted by atomic mass is 9.92. The summed E-state index contributed by atoms with van der Waals surface area (Å²) in [5.41, 5.74) is 1.71. The van der Waals surface area contributed by atoms with Gasteiger partial charge >= 0.3 is 12.1 Å². The number of anilines is 1. The minimum atomic E-state index is -4.88. The molecule has 0 aliphatic rings. The smallest absolute Gasteiger partial charge is 0.318 e. The van der Waals surface area contributed by atoms with Crippen molar-refractivity contribution in [1.29, 1.82) is 0 Å². The van der Waals surface area contributed by atoms with Crippen molar-refractivity contribution in [3.8, 4) is 0 Å². The number of hydrogen-bond acceptors (Lipinski definition) is 1. The van der Waals surface area contributed by atoms with E-state index in [0.717, 1.165) is 0 Å². The number of benzene rings is 1. The first-order valence-corrected chi connectivity index (χ1v) is 6.15. The van der Waals surface area contributed by atoms with Gasteiger partial charge in [0.1, 0.15) is 0 Å². The molecule has 106 valence electrons. The standard InChI is InChI=1S/C14H18F3NO/c1-8(2)10-6-5-7-11(9(3)4)12(10)18-13(19)14(15,16)17/h5-9H,1-4H3,(H,18,19). The van der Waals surface area contributed by atoms with Crippen LogP contribution < -0.4 is 5.32 Å². The van der Waals surface area contributed by atoms with Crippen LogP contribution in [0.15, 0.2) is 18.2 Å². The Morgan fingerprint density at radius 1 is 1.05 bits per heavy atom. The molecule has 5 heteroatoms. The predicted molar refractivity (Wildman–Crippen MR) is 69.3 cm³/mol. The number of rotatable bonds is 3. The Bertz CT molecular complexity index is 438. The van der Waals surface area contributed by atoms with Crippen molar-refractivity contribution in [3.05, 3.63) is 29.3 Å². The average molecular weight is 273 g/mol. The van der Waals surface area contributed by atoms with Crippen LogP contribution in [0.3, 0.4) is 0 Å². The molecule has 1 rings (SSSR count). The fourth-order valence-corrected chi connectivity index (χ4v) is 1.88. The molecule has 0 saturated carbocycles. The molecule has 0 aliphatic carbocycles. The van der Waals surface area contributed by atoms with Gasteiger partial charge in [-0.25, -0.2) is 0 Å². The quantitative estimate of drug-likeness (QED) is 0.867. The van der Waals surface area contributed by atoms with Crippen molar-refractivity contribution in [2.24, 2.45) is 0 Å². The molecule has 0 unspecified atom stereocenters. The number of para-hydroxylation sites is 1. The van der Waals surface area contributed by atoms with E-state index in [4.69, 9.17) is 0 Å². The number of carbonyl (C=O) groups excluding carboxylic acids is 1. The molecule has 1 aromatic carbocycles. The molecule has 1 N–H and O–H groups in total. The molecule has 19 heavy (non-hydrogen) atoms. The largest absolute Gasteiger partial charge is 0.471 e. The van der Waals surface area contributed by atoms with Gasteiger partial charge in [0.15, 0.2) is 0 Å². The van der Waals surface area contributed by atoms with Gasteiger partial charge in [-0.2, -0.15) is 13.2 Å². The van der Waals surface area contributed by atoms with Crippen LogP contribution in [0.4, 0.5) is 18.9 Å². The van der Waals surface area contributed by atoms with Crippen molar-refractivity contribution in [2.45, 2.75) is 45.7 Å². The molecule has 0 aromatic heterocycles. The van der Waals surface area contributed by atoms with Crippen LogP contribution in [0.25, 0.3) is 0 Å². The van der Waals surface area contributed by atoms with Crippen LogP contribution in [0.2, 0.25) is 0 Å². The van der Waals surface area contributed by atoms with E-state index in [9.17, 15) is 18.0 Å². The van der Waals surface area contributed by atoms with Crippen LogP contribution in [0, 0.1) is 0 Å². The molecule has 1 amide bonds. The van der Waals surface area contributed by atoms with E-state index in [1.807, 2.05) is 33.0 Å². The molecular formula is C14H18F3NO. The first kappa shape index (κ1) is 15.5. The number of hydrogen-bond donors (Lipinski definition) is 1. The van der Waals surface area contributed by atoms with Crippen LogP contribution in [0.1, 0.15) is 50.7 Å². The second-order valence-corrected chi connectivity index (χ2v) is 5.07. The van der Waals surface area contributed by atoms with Gasteiger partial charge in [-0.1, -0.05) is 45.9 Å². The highest BCUT2D eigenvalue weighted by molar-refractivity contribution is 5.96. The van der Waals surface area contributed by atoms with Crippen molar-refractivity contribution < 1.29 is 18.0 Å². The fourth-order valence-electron chi connectivity index (χ4n) is 1.88. The molecular weight excluding hydrogens is 255 g/mol. The molecule has 0 heterocycles. The second kappa shape index (κ2) is 5.63. The van der Waals surface area contributed by atoms with Gasteiger partial charge in [0.2, 0.25) is 0 Å². The van der Waals surface area contributed by atoms with Crippen LogP contribution >= 0.6 is 0 Å². The van der Waals surface area contributed by atoms with Crippen molar-refractivity contribution in [1.82, 2.24) is 0 Å². The van der Waals surface area contributed by atoms with E-state index >= 15 is 0 Å². The van der Waals surface area contributed by atoms with E-state index in [0.29, 0.717) is 11.1 Å².